The van der Waals surface area contributed by atoms with Crippen molar-refractivity contribution >= 4 is 34.4 Å². The van der Waals surface area contributed by atoms with Crippen molar-refractivity contribution in [3.63, 3.8) is 0 Å². The fourth-order valence-corrected chi connectivity index (χ4v) is 4.90. The summed E-state index contributed by atoms with van der Waals surface area (Å²) >= 11 is 1.45. The van der Waals surface area contributed by atoms with Crippen LogP contribution in [0, 0.1) is 0 Å². The number of rotatable bonds is 10. The molecular formula is C30H26N4O4S. The lowest BCUT2D eigenvalue weighted by molar-refractivity contribution is 0.0920. The molecule has 9 heteroatoms. The maximum absolute atomic E-state index is 13.0. The molecule has 39 heavy (non-hydrogen) atoms. The van der Waals surface area contributed by atoms with E-state index >= 15 is 0 Å². The van der Waals surface area contributed by atoms with Gasteiger partial charge in [0.2, 0.25) is 5.78 Å². The Labute approximate surface area is 229 Å². The second-order valence-corrected chi connectivity index (χ2v) is 9.61. The minimum atomic E-state index is -0.171. The molecule has 0 aliphatic rings. The Balaban J connectivity index is 1.25. The first kappa shape index (κ1) is 26.1. The van der Waals surface area contributed by atoms with Crippen LogP contribution >= 0.6 is 11.8 Å². The highest BCUT2D eigenvalue weighted by atomic mass is 32.2. The normalized spacial score (nSPS) is 11.0. The summed E-state index contributed by atoms with van der Waals surface area (Å²) in [7, 11) is 0. The Kier molecular flexibility index (Phi) is 7.69. The third-order valence-electron chi connectivity index (χ3n) is 6.38. The summed E-state index contributed by atoms with van der Waals surface area (Å²) in [5.41, 5.74) is 3.16. The Morgan fingerprint density at radius 2 is 1.67 bits per heavy atom. The van der Waals surface area contributed by atoms with Gasteiger partial charge in [-0.15, -0.1) is 0 Å². The molecular weight excluding hydrogens is 512 g/mol. The van der Waals surface area contributed by atoms with Gasteiger partial charge in [-0.1, -0.05) is 36.0 Å². The van der Waals surface area contributed by atoms with Crippen LogP contribution in [0.4, 0.5) is 0 Å². The summed E-state index contributed by atoms with van der Waals surface area (Å²) in [5.74, 6) is 0.217. The predicted molar refractivity (Wildman–Crippen MR) is 151 cm³/mol. The average Bonchev–Trinajstić information content (AvgIpc) is 3.39. The summed E-state index contributed by atoms with van der Waals surface area (Å²) in [4.78, 5) is 46.7. The van der Waals surface area contributed by atoms with Crippen molar-refractivity contribution in [3.8, 4) is 5.75 Å². The molecule has 0 spiro atoms. The van der Waals surface area contributed by atoms with Crippen LogP contribution in [0.2, 0.25) is 0 Å². The summed E-state index contributed by atoms with van der Waals surface area (Å²) in [6.07, 6.45) is 6.89. The fraction of sp³-hybridized carbons (Fsp3) is 0.167. The van der Waals surface area contributed by atoms with Gasteiger partial charge in [-0.2, -0.15) is 0 Å². The Morgan fingerprint density at radius 3 is 2.31 bits per heavy atom. The van der Waals surface area contributed by atoms with Crippen molar-refractivity contribution in [1.82, 2.24) is 19.1 Å². The number of ketones is 2. The Bertz CT molecular complexity index is 1690. The second-order valence-electron chi connectivity index (χ2n) is 8.83. The monoisotopic (exact) mass is 538 g/mol. The van der Waals surface area contributed by atoms with Gasteiger partial charge >= 0.3 is 0 Å². The van der Waals surface area contributed by atoms with Gasteiger partial charge in [0.15, 0.2) is 17.5 Å². The van der Waals surface area contributed by atoms with E-state index in [2.05, 4.69) is 4.98 Å². The van der Waals surface area contributed by atoms with Gasteiger partial charge in [0.1, 0.15) is 11.4 Å². The number of pyridine rings is 1. The Hall–Kier alpha value is -4.50. The summed E-state index contributed by atoms with van der Waals surface area (Å²) in [5, 5.41) is 1.28. The molecule has 3 aromatic heterocycles. The minimum absolute atomic E-state index is 0.0388. The van der Waals surface area contributed by atoms with Crippen LogP contribution in [0.5, 0.6) is 5.75 Å². The number of thioether (sulfide) groups is 1. The number of ether oxygens (including phenoxy) is 1. The number of carbonyl (C=O) groups is 2. The average molecular weight is 539 g/mol. The first-order chi connectivity index (χ1) is 19.0. The molecule has 0 N–H and O–H groups in total. The fourth-order valence-electron chi connectivity index (χ4n) is 4.29. The first-order valence-electron chi connectivity index (χ1n) is 12.4. The largest absolute Gasteiger partial charge is 0.485 e. The number of hydrogen-bond donors (Lipinski definition) is 0. The summed E-state index contributed by atoms with van der Waals surface area (Å²) < 4.78 is 9.20. The molecule has 0 radical (unpaired) electrons. The number of carbonyl (C=O) groups excluding carboxylic acids is 2. The topological polar surface area (TPSA) is 96.1 Å². The van der Waals surface area contributed by atoms with Crippen molar-refractivity contribution in [2.45, 2.75) is 25.2 Å². The molecule has 0 fully saturated rings. The van der Waals surface area contributed by atoms with E-state index in [4.69, 9.17) is 9.72 Å². The van der Waals surface area contributed by atoms with E-state index in [1.807, 2.05) is 36.1 Å². The van der Waals surface area contributed by atoms with E-state index in [9.17, 15) is 14.4 Å². The van der Waals surface area contributed by atoms with Crippen LogP contribution in [0.3, 0.4) is 0 Å². The van der Waals surface area contributed by atoms with Crippen molar-refractivity contribution in [3.05, 3.63) is 118 Å². The number of fused-ring (bicyclic) bond motifs is 1. The van der Waals surface area contributed by atoms with Gasteiger partial charge in [-0.25, -0.2) is 4.98 Å². The number of hydrogen-bond acceptors (Lipinski definition) is 7. The molecule has 2 aromatic carbocycles. The van der Waals surface area contributed by atoms with Gasteiger partial charge in [-0.05, 0) is 61.2 Å². The van der Waals surface area contributed by atoms with E-state index in [-0.39, 0.29) is 23.7 Å². The molecule has 5 aromatic rings. The number of Topliss-reactive ketones (excluding diaryl/α,β-unsaturated/α-hetero) is 1. The lowest BCUT2D eigenvalue weighted by Gasteiger charge is -2.10. The first-order valence-corrected chi connectivity index (χ1v) is 13.6. The molecule has 0 saturated heterocycles. The third-order valence-corrected chi connectivity index (χ3v) is 7.06. The molecule has 8 nitrogen and oxygen atoms in total. The standard InChI is InChI=1S/C30H26N4O4S/c1-3-34-29(37)25-14-16-33(28(25)32-30(34)39-2)18-20-6-8-21(9-7-20)27(36)22-10-12-24(13-11-22)38-19-26(35)23-5-4-15-31-17-23/h4-17H,3,18-19H2,1-2H3. The van der Waals surface area contributed by atoms with Crippen LogP contribution in [0.1, 0.15) is 38.8 Å². The number of aromatic nitrogens is 4. The van der Waals surface area contributed by atoms with Crippen LogP contribution in [0.15, 0.2) is 95.3 Å². The molecule has 0 atom stereocenters. The van der Waals surface area contributed by atoms with E-state index in [0.717, 1.165) is 5.56 Å². The zero-order chi connectivity index (χ0) is 27.4. The van der Waals surface area contributed by atoms with Crippen LogP contribution in [-0.2, 0) is 13.1 Å². The van der Waals surface area contributed by atoms with Crippen LogP contribution in [0.25, 0.3) is 11.0 Å². The maximum Gasteiger partial charge on any atom is 0.263 e. The van der Waals surface area contributed by atoms with Crippen molar-refractivity contribution in [1.29, 1.82) is 0 Å². The molecule has 0 aliphatic heterocycles. The van der Waals surface area contributed by atoms with Gasteiger partial charge in [0.05, 0.1) is 5.39 Å². The van der Waals surface area contributed by atoms with E-state index < -0.39 is 0 Å². The molecule has 0 aliphatic carbocycles. The highest BCUT2D eigenvalue weighted by molar-refractivity contribution is 7.98. The van der Waals surface area contributed by atoms with Gasteiger partial charge in [0.25, 0.3) is 5.56 Å². The van der Waals surface area contributed by atoms with Gasteiger partial charge < -0.3 is 9.30 Å². The molecule has 0 saturated carbocycles. The molecule has 0 unspecified atom stereocenters. The minimum Gasteiger partial charge on any atom is -0.485 e. The van der Waals surface area contributed by atoms with Gasteiger partial charge in [-0.3, -0.25) is 23.9 Å². The van der Waals surface area contributed by atoms with E-state index in [1.165, 1.54) is 18.0 Å². The number of benzene rings is 2. The molecule has 0 bridgehead atoms. The molecule has 5 rings (SSSR count). The number of nitrogens with zero attached hydrogens (tertiary/aromatic N) is 4. The molecule has 3 heterocycles. The van der Waals surface area contributed by atoms with Crippen LogP contribution in [-0.4, -0.2) is 43.5 Å². The smallest absolute Gasteiger partial charge is 0.263 e. The molecule has 0 amide bonds. The summed E-state index contributed by atoms with van der Waals surface area (Å²) in [6, 6.07) is 19.3. The maximum atomic E-state index is 13.0. The predicted octanol–water partition coefficient (Wildman–Crippen LogP) is 4.88. The quantitative estimate of drug-likeness (QED) is 0.142. The van der Waals surface area contributed by atoms with Crippen molar-refractivity contribution in [2.75, 3.05) is 12.9 Å². The van der Waals surface area contributed by atoms with E-state index in [0.29, 0.717) is 51.7 Å². The lowest BCUT2D eigenvalue weighted by Crippen LogP contribution is -2.22. The highest BCUT2D eigenvalue weighted by Gasteiger charge is 2.14. The van der Waals surface area contributed by atoms with Gasteiger partial charge in [0, 0.05) is 48.4 Å². The SMILES string of the molecule is CCn1c(SC)nc2c(ccn2Cc2ccc(C(=O)c3ccc(OCC(=O)c4cccnc4)cc3)cc2)c1=O. The van der Waals surface area contributed by atoms with E-state index in [1.54, 1.807) is 65.4 Å². The lowest BCUT2D eigenvalue weighted by atomic mass is 10.0. The zero-order valence-electron chi connectivity index (χ0n) is 21.5. The summed E-state index contributed by atoms with van der Waals surface area (Å²) in [6.45, 7) is 2.92. The van der Waals surface area contributed by atoms with Crippen molar-refractivity contribution in [2.24, 2.45) is 0 Å². The second kappa shape index (κ2) is 11.5. The third kappa shape index (κ3) is 5.53. The zero-order valence-corrected chi connectivity index (χ0v) is 22.4. The van der Waals surface area contributed by atoms with Crippen LogP contribution < -0.4 is 10.3 Å². The highest BCUT2D eigenvalue weighted by Crippen LogP contribution is 2.19. The molecule has 196 valence electrons. The van der Waals surface area contributed by atoms with Crippen molar-refractivity contribution < 1.29 is 14.3 Å². The Morgan fingerprint density at radius 1 is 0.949 bits per heavy atom.